The number of aryl methyl sites for hydroxylation is 1. The molecule has 0 bridgehead atoms. The highest BCUT2D eigenvalue weighted by Gasteiger charge is 2.29. The van der Waals surface area contributed by atoms with Crippen molar-refractivity contribution in [3.8, 4) is 5.69 Å². The molecule has 5 nitrogen and oxygen atoms in total. The molecule has 2 aromatic rings. The first-order valence-corrected chi connectivity index (χ1v) is 9.02. The second-order valence-electron chi connectivity index (χ2n) is 7.01. The van der Waals surface area contributed by atoms with Gasteiger partial charge in [-0.3, -0.25) is 4.79 Å². The molecular weight excluding hydrogens is 355 g/mol. The number of piperidine rings is 1. The number of nitrogens with one attached hydrogen (secondary N) is 2. The van der Waals surface area contributed by atoms with Crippen LogP contribution in [0.15, 0.2) is 18.2 Å². The Kier molecular flexibility index (Phi) is 5.63. The van der Waals surface area contributed by atoms with E-state index in [1.54, 1.807) is 10.7 Å². The van der Waals surface area contributed by atoms with Crippen LogP contribution in [0.5, 0.6) is 0 Å². The van der Waals surface area contributed by atoms with Gasteiger partial charge in [0, 0.05) is 23.8 Å². The van der Waals surface area contributed by atoms with Gasteiger partial charge in [0.25, 0.3) is 5.91 Å². The monoisotopic (exact) mass is 378 g/mol. The lowest BCUT2D eigenvalue weighted by atomic mass is 10.1. The lowest BCUT2D eigenvalue weighted by molar-refractivity contribution is 0.0924. The summed E-state index contributed by atoms with van der Waals surface area (Å²) < 4.78 is 16.0. The van der Waals surface area contributed by atoms with Crippen molar-refractivity contribution in [2.24, 2.45) is 0 Å². The molecule has 1 aromatic carbocycles. The van der Waals surface area contributed by atoms with Gasteiger partial charge in [-0.15, -0.1) is 12.4 Å². The maximum Gasteiger partial charge on any atom is 0.272 e. The van der Waals surface area contributed by atoms with Gasteiger partial charge in [0.05, 0.1) is 0 Å². The maximum absolute atomic E-state index is 14.4. The zero-order valence-electron chi connectivity index (χ0n) is 14.8. The molecule has 1 fully saturated rings. The Hall–Kier alpha value is -1.92. The van der Waals surface area contributed by atoms with Gasteiger partial charge in [-0.2, -0.15) is 5.10 Å². The number of benzene rings is 1. The number of carbonyl (C=O) groups excluding carboxylic acids is 1. The highest BCUT2D eigenvalue weighted by molar-refractivity contribution is 5.94. The van der Waals surface area contributed by atoms with Crippen molar-refractivity contribution in [1.82, 2.24) is 20.4 Å². The van der Waals surface area contributed by atoms with Crippen molar-refractivity contribution in [2.45, 2.75) is 45.1 Å². The third-order valence-corrected chi connectivity index (χ3v) is 5.11. The minimum atomic E-state index is -0.305. The second-order valence-corrected chi connectivity index (χ2v) is 7.01. The minimum Gasteiger partial charge on any atom is -0.347 e. The van der Waals surface area contributed by atoms with E-state index in [-0.39, 0.29) is 30.2 Å². The fraction of sp³-hybridized carbons (Fsp3) is 0.474. The van der Waals surface area contributed by atoms with Crippen LogP contribution in [0, 0.1) is 12.7 Å². The van der Waals surface area contributed by atoms with E-state index >= 15 is 0 Å². The summed E-state index contributed by atoms with van der Waals surface area (Å²) in [5.41, 5.74) is 3.68. The summed E-state index contributed by atoms with van der Waals surface area (Å²) in [6, 6.07) is 5.25. The van der Waals surface area contributed by atoms with Crippen LogP contribution in [-0.4, -0.2) is 34.8 Å². The van der Waals surface area contributed by atoms with Crippen LogP contribution in [-0.2, 0) is 12.8 Å². The molecule has 2 heterocycles. The van der Waals surface area contributed by atoms with Gasteiger partial charge in [-0.25, -0.2) is 9.07 Å². The van der Waals surface area contributed by atoms with Gasteiger partial charge in [0.15, 0.2) is 5.69 Å². The van der Waals surface area contributed by atoms with E-state index in [0.29, 0.717) is 11.4 Å². The summed E-state index contributed by atoms with van der Waals surface area (Å²) in [5.74, 6) is -0.446. The summed E-state index contributed by atoms with van der Waals surface area (Å²) in [4.78, 5) is 12.7. The Morgan fingerprint density at radius 2 is 2.19 bits per heavy atom. The van der Waals surface area contributed by atoms with Gasteiger partial charge in [-0.05, 0) is 63.3 Å². The Balaban J connectivity index is 0.00000196. The summed E-state index contributed by atoms with van der Waals surface area (Å²) in [6.45, 7) is 3.65. The molecule has 7 heteroatoms. The normalized spacial score (nSPS) is 18.9. The number of rotatable bonds is 3. The standard InChI is InChI=1S/C19H23FN4O.ClH/c1-12-7-8-17(15(20)10-12)24-16-6-2-5-14(16)18(23-24)19(25)22-13-4-3-9-21-11-13;/h7-8,10,13,21H,2-6,9,11H2,1H3,(H,22,25);1H/t13-;/m0./s1. The van der Waals surface area contributed by atoms with E-state index in [0.717, 1.165) is 62.0 Å². The fourth-order valence-corrected chi connectivity index (χ4v) is 3.83. The van der Waals surface area contributed by atoms with Crippen LogP contribution >= 0.6 is 12.4 Å². The number of carbonyl (C=O) groups is 1. The molecule has 1 aliphatic carbocycles. The first kappa shape index (κ1) is 18.9. The Bertz CT molecular complexity index is 814. The Morgan fingerprint density at radius 3 is 2.92 bits per heavy atom. The molecule has 2 N–H and O–H groups in total. The van der Waals surface area contributed by atoms with Crippen molar-refractivity contribution in [3.05, 3.63) is 46.5 Å². The van der Waals surface area contributed by atoms with E-state index in [4.69, 9.17) is 0 Å². The zero-order valence-corrected chi connectivity index (χ0v) is 15.7. The SMILES string of the molecule is Cc1ccc(-n2nc(C(=O)N[C@H]3CCCNC3)c3c2CCC3)c(F)c1.Cl. The third-order valence-electron chi connectivity index (χ3n) is 5.11. The van der Waals surface area contributed by atoms with Crippen molar-refractivity contribution in [3.63, 3.8) is 0 Å². The number of nitrogens with zero attached hydrogens (tertiary/aromatic N) is 2. The quantitative estimate of drug-likeness (QED) is 0.863. The topological polar surface area (TPSA) is 59.0 Å². The molecule has 1 aliphatic heterocycles. The maximum atomic E-state index is 14.4. The smallest absolute Gasteiger partial charge is 0.272 e. The largest absolute Gasteiger partial charge is 0.347 e. The number of halogens is 2. The molecule has 2 aliphatic rings. The first-order chi connectivity index (χ1) is 12.1. The molecule has 0 radical (unpaired) electrons. The van der Waals surface area contributed by atoms with E-state index in [1.165, 1.54) is 6.07 Å². The highest BCUT2D eigenvalue weighted by Crippen LogP contribution is 2.29. The number of hydrogen-bond acceptors (Lipinski definition) is 3. The molecule has 0 unspecified atom stereocenters. The van der Waals surface area contributed by atoms with Crippen LogP contribution in [0.25, 0.3) is 5.69 Å². The molecule has 4 rings (SSSR count). The fourth-order valence-electron chi connectivity index (χ4n) is 3.83. The van der Waals surface area contributed by atoms with E-state index in [9.17, 15) is 9.18 Å². The Labute approximate surface area is 158 Å². The van der Waals surface area contributed by atoms with Crippen LogP contribution in [0.3, 0.4) is 0 Å². The predicted molar refractivity (Wildman–Crippen MR) is 101 cm³/mol. The van der Waals surface area contributed by atoms with Gasteiger partial charge in [0.1, 0.15) is 11.5 Å². The van der Waals surface area contributed by atoms with Gasteiger partial charge in [0.2, 0.25) is 0 Å². The molecule has 140 valence electrons. The number of fused-ring (bicyclic) bond motifs is 1. The van der Waals surface area contributed by atoms with Crippen LogP contribution in [0.4, 0.5) is 4.39 Å². The number of amides is 1. The molecule has 1 aromatic heterocycles. The molecule has 0 spiro atoms. The zero-order chi connectivity index (χ0) is 17.4. The summed E-state index contributed by atoms with van der Waals surface area (Å²) in [7, 11) is 0. The lowest BCUT2D eigenvalue weighted by Gasteiger charge is -2.23. The third kappa shape index (κ3) is 3.48. The molecule has 1 amide bonds. The van der Waals surface area contributed by atoms with Crippen LogP contribution in [0.1, 0.15) is 46.6 Å². The van der Waals surface area contributed by atoms with Crippen LogP contribution < -0.4 is 10.6 Å². The van der Waals surface area contributed by atoms with E-state index in [1.807, 2.05) is 13.0 Å². The minimum absolute atomic E-state index is 0. The van der Waals surface area contributed by atoms with E-state index < -0.39 is 0 Å². The molecule has 1 atom stereocenters. The molecule has 26 heavy (non-hydrogen) atoms. The van der Waals surface area contributed by atoms with Gasteiger partial charge >= 0.3 is 0 Å². The average molecular weight is 379 g/mol. The van der Waals surface area contributed by atoms with Gasteiger partial charge < -0.3 is 10.6 Å². The number of aromatic nitrogens is 2. The first-order valence-electron chi connectivity index (χ1n) is 9.02. The van der Waals surface area contributed by atoms with Gasteiger partial charge in [-0.1, -0.05) is 6.07 Å². The van der Waals surface area contributed by atoms with E-state index in [2.05, 4.69) is 15.7 Å². The van der Waals surface area contributed by atoms with Crippen molar-refractivity contribution >= 4 is 18.3 Å². The number of hydrogen-bond donors (Lipinski definition) is 2. The summed E-state index contributed by atoms with van der Waals surface area (Å²) in [5, 5.41) is 10.9. The second kappa shape index (κ2) is 7.76. The highest BCUT2D eigenvalue weighted by atomic mass is 35.5. The van der Waals surface area contributed by atoms with Crippen molar-refractivity contribution < 1.29 is 9.18 Å². The lowest BCUT2D eigenvalue weighted by Crippen LogP contribution is -2.45. The molecule has 0 saturated carbocycles. The Morgan fingerprint density at radius 1 is 1.35 bits per heavy atom. The van der Waals surface area contributed by atoms with Crippen LogP contribution in [0.2, 0.25) is 0 Å². The van der Waals surface area contributed by atoms with Crippen molar-refractivity contribution in [1.29, 1.82) is 0 Å². The summed E-state index contributed by atoms with van der Waals surface area (Å²) >= 11 is 0. The summed E-state index contributed by atoms with van der Waals surface area (Å²) in [6.07, 6.45) is 4.68. The van der Waals surface area contributed by atoms with Crippen molar-refractivity contribution in [2.75, 3.05) is 13.1 Å². The average Bonchev–Trinajstić information content (AvgIpc) is 3.18. The molecule has 1 saturated heterocycles. The predicted octanol–water partition coefficient (Wildman–Crippen LogP) is 2.71. The molecular formula is C19H24ClFN4O.